The summed E-state index contributed by atoms with van der Waals surface area (Å²) in [5, 5.41) is 0. The molecule has 2 aliphatic rings. The van der Waals surface area contributed by atoms with Gasteiger partial charge in [0.2, 0.25) is 5.90 Å². The maximum Gasteiger partial charge on any atom is 0.214 e. The topological polar surface area (TPSA) is 30.8 Å². The van der Waals surface area contributed by atoms with E-state index in [9.17, 15) is 0 Å². The highest BCUT2D eigenvalue weighted by atomic mass is 16.5. The van der Waals surface area contributed by atoms with Gasteiger partial charge >= 0.3 is 0 Å². The van der Waals surface area contributed by atoms with Crippen LogP contribution in [0.2, 0.25) is 0 Å². The van der Waals surface area contributed by atoms with E-state index in [0.29, 0.717) is 12.0 Å². The predicted molar refractivity (Wildman–Crippen MR) is 59.9 cm³/mol. The lowest BCUT2D eigenvalue weighted by atomic mass is 10.00. The Morgan fingerprint density at radius 1 is 1.40 bits per heavy atom. The molecule has 1 heterocycles. The molecule has 15 heavy (non-hydrogen) atoms. The molecule has 3 heteroatoms. The minimum absolute atomic E-state index is 0.0186. The highest BCUT2D eigenvalue weighted by molar-refractivity contribution is 5.94. The number of nitrogens with zero attached hydrogens (tertiary/aromatic N) is 1. The second-order valence-corrected chi connectivity index (χ2v) is 4.48. The quantitative estimate of drug-likeness (QED) is 0.715. The molecule has 0 aromatic heterocycles. The van der Waals surface area contributed by atoms with E-state index in [2.05, 4.69) is 24.9 Å². The number of hydrogen-bond donors (Lipinski definition) is 0. The molecule has 0 N–H and O–H groups in total. The van der Waals surface area contributed by atoms with E-state index in [0.717, 1.165) is 12.3 Å². The molecule has 1 fully saturated rings. The number of aliphatic imine (C=N–C) groups is 1. The van der Waals surface area contributed by atoms with Crippen LogP contribution in [0.15, 0.2) is 16.6 Å². The molecule has 1 aliphatic carbocycles. The van der Waals surface area contributed by atoms with Crippen molar-refractivity contribution >= 4 is 5.90 Å². The zero-order valence-electron chi connectivity index (χ0n) is 9.69. The molecule has 2 rings (SSSR count). The Balaban J connectivity index is 2.01. The van der Waals surface area contributed by atoms with Crippen molar-refractivity contribution in [2.24, 2.45) is 10.9 Å². The first-order chi connectivity index (χ1) is 7.20. The normalized spacial score (nSPS) is 26.3. The zero-order valence-corrected chi connectivity index (χ0v) is 9.69. The lowest BCUT2D eigenvalue weighted by Gasteiger charge is -2.22. The minimum atomic E-state index is -0.0186. The van der Waals surface area contributed by atoms with E-state index >= 15 is 0 Å². The molecule has 0 radical (unpaired) electrons. The van der Waals surface area contributed by atoms with Crippen LogP contribution in [0.1, 0.15) is 33.1 Å². The predicted octanol–water partition coefficient (Wildman–Crippen LogP) is 2.52. The highest BCUT2D eigenvalue weighted by Crippen LogP contribution is 2.29. The van der Waals surface area contributed by atoms with E-state index in [-0.39, 0.29) is 6.23 Å². The maximum absolute atomic E-state index is 5.75. The Morgan fingerprint density at radius 3 is 2.67 bits per heavy atom. The van der Waals surface area contributed by atoms with Gasteiger partial charge in [0, 0.05) is 12.0 Å². The lowest BCUT2D eigenvalue weighted by Crippen LogP contribution is -2.22. The first-order valence-electron chi connectivity index (χ1n) is 5.68. The summed E-state index contributed by atoms with van der Waals surface area (Å²) >= 11 is 0. The van der Waals surface area contributed by atoms with E-state index in [1.54, 1.807) is 7.11 Å². The molecule has 1 aliphatic heterocycles. The molecule has 0 saturated heterocycles. The maximum atomic E-state index is 5.75. The fourth-order valence-corrected chi connectivity index (χ4v) is 1.74. The Kier molecular flexibility index (Phi) is 3.10. The molecule has 0 aromatic rings. The lowest BCUT2D eigenvalue weighted by molar-refractivity contribution is 0.0452. The van der Waals surface area contributed by atoms with Crippen molar-refractivity contribution in [2.75, 3.05) is 7.11 Å². The molecular weight excluding hydrogens is 190 g/mol. The van der Waals surface area contributed by atoms with Crippen LogP contribution in [0, 0.1) is 5.92 Å². The molecule has 0 amide bonds. The third-order valence-electron chi connectivity index (χ3n) is 2.74. The van der Waals surface area contributed by atoms with Crippen molar-refractivity contribution in [2.45, 2.75) is 45.4 Å². The van der Waals surface area contributed by atoms with Gasteiger partial charge in [-0.05, 0) is 18.8 Å². The van der Waals surface area contributed by atoms with Gasteiger partial charge < -0.3 is 9.47 Å². The molecule has 0 bridgehead atoms. The van der Waals surface area contributed by atoms with Crippen molar-refractivity contribution in [1.29, 1.82) is 0 Å². The summed E-state index contributed by atoms with van der Waals surface area (Å²) in [5.41, 5.74) is 1.20. The Bertz CT molecular complexity index is 290. The van der Waals surface area contributed by atoms with Crippen LogP contribution >= 0.6 is 0 Å². The van der Waals surface area contributed by atoms with Crippen LogP contribution in [-0.2, 0) is 9.47 Å². The molecule has 84 valence electrons. The number of ether oxygens (including phenoxy) is 2. The first-order valence-corrected chi connectivity index (χ1v) is 5.68. The van der Waals surface area contributed by atoms with Crippen LogP contribution in [0.25, 0.3) is 0 Å². The zero-order chi connectivity index (χ0) is 10.8. The molecular formula is C12H19NO2. The molecule has 1 saturated carbocycles. The van der Waals surface area contributed by atoms with Crippen LogP contribution in [-0.4, -0.2) is 25.3 Å². The number of rotatable bonds is 3. The summed E-state index contributed by atoms with van der Waals surface area (Å²) in [6, 6.07) is 0. The van der Waals surface area contributed by atoms with Crippen LogP contribution in [0.5, 0.6) is 0 Å². The minimum Gasteiger partial charge on any atom is -0.481 e. The molecule has 0 spiro atoms. The van der Waals surface area contributed by atoms with Gasteiger partial charge in [-0.15, -0.1) is 0 Å². The third-order valence-corrected chi connectivity index (χ3v) is 2.74. The van der Waals surface area contributed by atoms with E-state index in [4.69, 9.17) is 9.47 Å². The van der Waals surface area contributed by atoms with Gasteiger partial charge in [0.1, 0.15) is 0 Å². The van der Waals surface area contributed by atoms with Crippen molar-refractivity contribution in [3.63, 3.8) is 0 Å². The Labute approximate surface area is 91.2 Å². The summed E-state index contributed by atoms with van der Waals surface area (Å²) in [6.45, 7) is 4.31. The van der Waals surface area contributed by atoms with E-state index in [1.165, 1.54) is 18.4 Å². The van der Waals surface area contributed by atoms with E-state index in [1.807, 2.05) is 0 Å². The Morgan fingerprint density at radius 2 is 2.13 bits per heavy atom. The van der Waals surface area contributed by atoms with Gasteiger partial charge in [0.15, 0.2) is 6.23 Å². The van der Waals surface area contributed by atoms with Crippen molar-refractivity contribution in [1.82, 2.24) is 0 Å². The molecule has 3 nitrogen and oxygen atoms in total. The standard InChI is InChI=1S/C12H19NO2/c1-8(2)10-6-7-11(13-12(10)14-3)15-9-4-5-9/h6,8-9,11H,4-5,7H2,1-3H3. The van der Waals surface area contributed by atoms with Gasteiger partial charge in [-0.25, -0.2) is 4.99 Å². The number of methoxy groups -OCH3 is 1. The van der Waals surface area contributed by atoms with Crippen LogP contribution < -0.4 is 0 Å². The van der Waals surface area contributed by atoms with Crippen LogP contribution in [0.3, 0.4) is 0 Å². The largest absolute Gasteiger partial charge is 0.481 e. The van der Waals surface area contributed by atoms with Gasteiger partial charge in [-0.2, -0.15) is 0 Å². The first kappa shape index (κ1) is 10.7. The van der Waals surface area contributed by atoms with Crippen LogP contribution in [0.4, 0.5) is 0 Å². The smallest absolute Gasteiger partial charge is 0.214 e. The average Bonchev–Trinajstić information content (AvgIpc) is 3.01. The Hall–Kier alpha value is -0.830. The highest BCUT2D eigenvalue weighted by Gasteiger charge is 2.28. The second kappa shape index (κ2) is 4.35. The average molecular weight is 209 g/mol. The molecule has 1 atom stereocenters. The molecule has 0 aromatic carbocycles. The van der Waals surface area contributed by atoms with Gasteiger partial charge in [0.25, 0.3) is 0 Å². The monoisotopic (exact) mass is 209 g/mol. The molecule has 1 unspecified atom stereocenters. The van der Waals surface area contributed by atoms with Gasteiger partial charge in [-0.3, -0.25) is 0 Å². The summed E-state index contributed by atoms with van der Waals surface area (Å²) in [7, 11) is 1.68. The van der Waals surface area contributed by atoms with Crippen molar-refractivity contribution < 1.29 is 9.47 Å². The summed E-state index contributed by atoms with van der Waals surface area (Å²) in [4.78, 5) is 4.49. The second-order valence-electron chi connectivity index (χ2n) is 4.48. The van der Waals surface area contributed by atoms with Gasteiger partial charge in [-0.1, -0.05) is 19.9 Å². The fourth-order valence-electron chi connectivity index (χ4n) is 1.74. The summed E-state index contributed by atoms with van der Waals surface area (Å²) in [6.07, 6.45) is 5.89. The number of dihydropyridines is 1. The summed E-state index contributed by atoms with van der Waals surface area (Å²) < 4.78 is 11.0. The summed E-state index contributed by atoms with van der Waals surface area (Å²) in [5.74, 6) is 1.22. The third kappa shape index (κ3) is 2.59. The fraction of sp³-hybridized carbons (Fsp3) is 0.750. The van der Waals surface area contributed by atoms with Crippen molar-refractivity contribution in [3.8, 4) is 0 Å². The SMILES string of the molecule is COC1=NC(OC2CC2)CC=C1C(C)C. The van der Waals surface area contributed by atoms with E-state index < -0.39 is 0 Å². The van der Waals surface area contributed by atoms with Crippen molar-refractivity contribution in [3.05, 3.63) is 11.6 Å². The van der Waals surface area contributed by atoms with Gasteiger partial charge in [0.05, 0.1) is 13.2 Å². The number of hydrogen-bond acceptors (Lipinski definition) is 3.